The monoisotopic (exact) mass is 289 g/mol. The maximum atomic E-state index is 10.8. The topological polar surface area (TPSA) is 40.5 Å². The average Bonchev–Trinajstić information content (AvgIpc) is 2.48. The summed E-state index contributed by atoms with van der Waals surface area (Å²) in [6.07, 6.45) is 6.49. The molecule has 0 unspecified atom stereocenters. The van der Waals surface area contributed by atoms with Gasteiger partial charge in [0, 0.05) is 24.4 Å². The van der Waals surface area contributed by atoms with Gasteiger partial charge in [0.05, 0.1) is 0 Å². The highest BCUT2D eigenvalue weighted by Crippen LogP contribution is 2.18. The number of carboxylic acid groups (broad SMARTS) is 1. The first kappa shape index (κ1) is 17.3. The maximum Gasteiger partial charge on any atom is 0.331 e. The molecule has 1 rings (SSSR count). The quantitative estimate of drug-likeness (QED) is 0.676. The van der Waals surface area contributed by atoms with Gasteiger partial charge in [-0.15, -0.1) is 0 Å². The van der Waals surface area contributed by atoms with Gasteiger partial charge in [0.15, 0.2) is 0 Å². The van der Waals surface area contributed by atoms with Crippen LogP contribution >= 0.6 is 0 Å². The molecule has 0 atom stereocenters. The van der Waals surface area contributed by atoms with E-state index in [9.17, 15) is 4.79 Å². The van der Waals surface area contributed by atoms with E-state index in [1.54, 1.807) is 13.0 Å². The Morgan fingerprint density at radius 3 is 2.05 bits per heavy atom. The Kier molecular flexibility index (Phi) is 7.59. The summed E-state index contributed by atoms with van der Waals surface area (Å²) < 4.78 is 0. The van der Waals surface area contributed by atoms with Crippen LogP contribution in [0.5, 0.6) is 0 Å². The lowest BCUT2D eigenvalue weighted by Crippen LogP contribution is -2.25. The highest BCUT2D eigenvalue weighted by molar-refractivity contribution is 5.91. The lowest BCUT2D eigenvalue weighted by atomic mass is 10.1. The van der Waals surface area contributed by atoms with Gasteiger partial charge < -0.3 is 10.0 Å². The third kappa shape index (κ3) is 6.03. The van der Waals surface area contributed by atoms with Gasteiger partial charge in [0.25, 0.3) is 0 Å². The van der Waals surface area contributed by atoms with Crippen LogP contribution in [0.2, 0.25) is 0 Å². The molecule has 1 N–H and O–H groups in total. The number of hydrogen-bond acceptors (Lipinski definition) is 2. The third-order valence-corrected chi connectivity index (χ3v) is 3.54. The highest BCUT2D eigenvalue weighted by atomic mass is 16.4. The van der Waals surface area contributed by atoms with Gasteiger partial charge in [0.2, 0.25) is 0 Å². The summed E-state index contributed by atoms with van der Waals surface area (Å²) >= 11 is 0. The second-order valence-electron chi connectivity index (χ2n) is 5.42. The average molecular weight is 289 g/mol. The fraction of sp³-hybridized carbons (Fsp3) is 0.500. The SMILES string of the molecule is CCCCN(CCCC)c1ccc(/C=C(\C)C(=O)O)cc1. The number of benzene rings is 1. The van der Waals surface area contributed by atoms with Crippen LogP contribution in [0.3, 0.4) is 0 Å². The van der Waals surface area contributed by atoms with Crippen LogP contribution in [0.15, 0.2) is 29.8 Å². The molecule has 3 heteroatoms. The van der Waals surface area contributed by atoms with Crippen LogP contribution in [0.25, 0.3) is 6.08 Å². The first-order valence-electron chi connectivity index (χ1n) is 7.85. The molecule has 0 aromatic heterocycles. The second-order valence-corrected chi connectivity index (χ2v) is 5.42. The summed E-state index contributed by atoms with van der Waals surface area (Å²) in [6, 6.07) is 8.16. The molecule has 0 spiro atoms. The van der Waals surface area contributed by atoms with E-state index in [0.29, 0.717) is 5.57 Å². The molecule has 0 fully saturated rings. The number of carbonyl (C=O) groups is 1. The lowest BCUT2D eigenvalue weighted by Gasteiger charge is -2.24. The predicted octanol–water partition coefficient (Wildman–Crippen LogP) is 4.58. The number of hydrogen-bond donors (Lipinski definition) is 1. The van der Waals surface area contributed by atoms with Gasteiger partial charge in [-0.05, 0) is 43.5 Å². The van der Waals surface area contributed by atoms with E-state index in [-0.39, 0.29) is 0 Å². The van der Waals surface area contributed by atoms with E-state index in [1.165, 1.54) is 31.4 Å². The number of aliphatic carboxylic acids is 1. The predicted molar refractivity (Wildman–Crippen MR) is 89.8 cm³/mol. The van der Waals surface area contributed by atoms with Crippen molar-refractivity contribution in [3.8, 4) is 0 Å². The summed E-state index contributed by atoms with van der Waals surface area (Å²) in [6.45, 7) is 8.20. The van der Waals surface area contributed by atoms with E-state index in [1.807, 2.05) is 12.1 Å². The largest absolute Gasteiger partial charge is 0.478 e. The van der Waals surface area contributed by atoms with Crippen LogP contribution in [-0.4, -0.2) is 24.2 Å². The molecule has 0 aliphatic rings. The molecule has 0 saturated carbocycles. The fourth-order valence-corrected chi connectivity index (χ4v) is 2.16. The van der Waals surface area contributed by atoms with Gasteiger partial charge in [0.1, 0.15) is 0 Å². The maximum absolute atomic E-state index is 10.8. The number of anilines is 1. The zero-order valence-corrected chi connectivity index (χ0v) is 13.4. The molecular weight excluding hydrogens is 262 g/mol. The minimum atomic E-state index is -0.869. The Labute approximate surface area is 128 Å². The van der Waals surface area contributed by atoms with Crippen molar-refractivity contribution >= 4 is 17.7 Å². The van der Waals surface area contributed by atoms with Crippen molar-refractivity contribution in [2.24, 2.45) is 0 Å². The molecule has 1 aromatic rings. The number of unbranched alkanes of at least 4 members (excludes halogenated alkanes) is 2. The van der Waals surface area contributed by atoms with E-state index in [2.05, 4.69) is 30.9 Å². The molecule has 0 aliphatic heterocycles. The summed E-state index contributed by atoms with van der Waals surface area (Å²) in [7, 11) is 0. The minimum Gasteiger partial charge on any atom is -0.478 e. The van der Waals surface area contributed by atoms with Crippen molar-refractivity contribution in [3.05, 3.63) is 35.4 Å². The molecule has 21 heavy (non-hydrogen) atoms. The highest BCUT2D eigenvalue weighted by Gasteiger charge is 2.06. The van der Waals surface area contributed by atoms with Crippen molar-refractivity contribution in [3.63, 3.8) is 0 Å². The molecule has 0 bridgehead atoms. The second kappa shape index (κ2) is 9.22. The van der Waals surface area contributed by atoms with Crippen molar-refractivity contribution in [1.82, 2.24) is 0 Å². The Balaban J connectivity index is 2.81. The summed E-state index contributed by atoms with van der Waals surface area (Å²) in [5.74, 6) is -0.869. The van der Waals surface area contributed by atoms with Gasteiger partial charge in [-0.25, -0.2) is 4.79 Å². The smallest absolute Gasteiger partial charge is 0.331 e. The Bertz CT molecular complexity index is 455. The first-order valence-corrected chi connectivity index (χ1v) is 7.85. The molecule has 0 saturated heterocycles. The Morgan fingerprint density at radius 2 is 1.62 bits per heavy atom. The number of carboxylic acids is 1. The lowest BCUT2D eigenvalue weighted by molar-refractivity contribution is -0.132. The van der Waals surface area contributed by atoms with Crippen molar-refractivity contribution in [1.29, 1.82) is 0 Å². The van der Waals surface area contributed by atoms with Gasteiger partial charge >= 0.3 is 5.97 Å². The third-order valence-electron chi connectivity index (χ3n) is 3.54. The van der Waals surface area contributed by atoms with Crippen LogP contribution in [0.1, 0.15) is 52.0 Å². The molecule has 3 nitrogen and oxygen atoms in total. The fourth-order valence-electron chi connectivity index (χ4n) is 2.16. The summed E-state index contributed by atoms with van der Waals surface area (Å²) in [5.41, 5.74) is 2.52. The molecule has 0 aliphatic carbocycles. The number of rotatable bonds is 9. The van der Waals surface area contributed by atoms with Crippen molar-refractivity contribution in [2.75, 3.05) is 18.0 Å². The van der Waals surface area contributed by atoms with Crippen molar-refractivity contribution in [2.45, 2.75) is 46.5 Å². The van der Waals surface area contributed by atoms with Crippen LogP contribution in [0, 0.1) is 0 Å². The summed E-state index contributed by atoms with van der Waals surface area (Å²) in [5, 5.41) is 8.90. The molecule has 0 radical (unpaired) electrons. The van der Waals surface area contributed by atoms with E-state index in [0.717, 1.165) is 18.7 Å². The van der Waals surface area contributed by atoms with Crippen LogP contribution in [-0.2, 0) is 4.79 Å². The van der Waals surface area contributed by atoms with E-state index < -0.39 is 5.97 Å². The standard InChI is InChI=1S/C18H27NO2/c1-4-6-12-19(13-7-5-2)17-10-8-16(9-11-17)14-15(3)18(20)21/h8-11,14H,4-7,12-13H2,1-3H3,(H,20,21)/b15-14+. The zero-order valence-electron chi connectivity index (χ0n) is 13.4. The van der Waals surface area contributed by atoms with Crippen LogP contribution in [0.4, 0.5) is 5.69 Å². The number of nitrogens with zero attached hydrogens (tertiary/aromatic N) is 1. The van der Waals surface area contributed by atoms with Gasteiger partial charge in [-0.2, -0.15) is 0 Å². The molecule has 116 valence electrons. The first-order chi connectivity index (χ1) is 10.1. The molecule has 1 aromatic carbocycles. The normalized spacial score (nSPS) is 11.5. The van der Waals surface area contributed by atoms with E-state index in [4.69, 9.17) is 5.11 Å². The molecule has 0 heterocycles. The minimum absolute atomic E-state index is 0.358. The summed E-state index contributed by atoms with van der Waals surface area (Å²) in [4.78, 5) is 13.3. The van der Waals surface area contributed by atoms with Gasteiger partial charge in [-0.1, -0.05) is 38.8 Å². The Hall–Kier alpha value is -1.77. The molecular formula is C18H27NO2. The molecule has 0 amide bonds. The zero-order chi connectivity index (χ0) is 15.7. The van der Waals surface area contributed by atoms with Gasteiger partial charge in [-0.3, -0.25) is 0 Å². The Morgan fingerprint density at radius 1 is 1.10 bits per heavy atom. The van der Waals surface area contributed by atoms with Crippen molar-refractivity contribution < 1.29 is 9.90 Å². The van der Waals surface area contributed by atoms with Crippen LogP contribution < -0.4 is 4.90 Å². The van der Waals surface area contributed by atoms with E-state index >= 15 is 0 Å².